The molecule has 2 heterocycles. The van der Waals surface area contributed by atoms with E-state index in [9.17, 15) is 0 Å². The van der Waals surface area contributed by atoms with Crippen LogP contribution < -0.4 is 21.9 Å². The number of nitrogens with zero attached hydrogens (tertiary/aromatic N) is 4. The number of hydrazine groups is 1. The number of benzene rings is 1. The molecule has 0 spiro atoms. The summed E-state index contributed by atoms with van der Waals surface area (Å²) in [6.07, 6.45) is 7.77. The Labute approximate surface area is 177 Å². The van der Waals surface area contributed by atoms with Gasteiger partial charge in [0.15, 0.2) is 0 Å². The van der Waals surface area contributed by atoms with Gasteiger partial charge in [0.25, 0.3) is 0 Å². The Morgan fingerprint density at radius 2 is 2.14 bits per heavy atom. The lowest BCUT2D eigenvalue weighted by atomic mass is 10.1. The Bertz CT molecular complexity index is 834. The standard InChI is InChI=1S/C21H28ClN7/c1-16(20(24)15-29(25)19-4-2-3-18(22)13-19)27-9-11-28(12-10-27)21-6-5-17(14-23)7-8-26-21/h2-7,13,15-16,21,26H,8-12,24-25H2,1H3/b20-15-. The molecule has 1 saturated heterocycles. The number of rotatable bonds is 5. The van der Waals surface area contributed by atoms with E-state index in [2.05, 4.69) is 34.2 Å². The van der Waals surface area contributed by atoms with Gasteiger partial charge in [-0.2, -0.15) is 5.26 Å². The molecule has 29 heavy (non-hydrogen) atoms. The van der Waals surface area contributed by atoms with Crippen molar-refractivity contribution in [2.75, 3.05) is 37.7 Å². The molecule has 0 amide bonds. The fraction of sp³-hybridized carbons (Fsp3) is 0.381. The van der Waals surface area contributed by atoms with E-state index in [1.165, 1.54) is 5.01 Å². The maximum atomic E-state index is 9.06. The second-order valence-corrected chi connectivity index (χ2v) is 7.68. The van der Waals surface area contributed by atoms with Crippen LogP contribution in [-0.2, 0) is 0 Å². The highest BCUT2D eigenvalue weighted by Crippen LogP contribution is 2.19. The van der Waals surface area contributed by atoms with Crippen LogP contribution in [0.1, 0.15) is 6.92 Å². The van der Waals surface area contributed by atoms with Crippen LogP contribution >= 0.6 is 11.6 Å². The highest BCUT2D eigenvalue weighted by Gasteiger charge is 2.26. The summed E-state index contributed by atoms with van der Waals surface area (Å²) in [7, 11) is 0. The number of nitrogens with two attached hydrogens (primary N) is 2. The summed E-state index contributed by atoms with van der Waals surface area (Å²) in [6, 6.07) is 9.63. The number of nitriles is 1. The Morgan fingerprint density at radius 3 is 2.83 bits per heavy atom. The molecule has 2 aliphatic heterocycles. The third-order valence-electron chi connectivity index (χ3n) is 5.40. The van der Waals surface area contributed by atoms with Gasteiger partial charge in [-0.3, -0.25) is 20.1 Å². The lowest BCUT2D eigenvalue weighted by Gasteiger charge is -2.41. The average molecular weight is 414 g/mol. The second-order valence-electron chi connectivity index (χ2n) is 7.25. The fourth-order valence-corrected chi connectivity index (χ4v) is 3.73. The minimum absolute atomic E-state index is 0.0758. The van der Waals surface area contributed by atoms with Gasteiger partial charge < -0.3 is 5.73 Å². The molecular weight excluding hydrogens is 386 g/mol. The molecule has 0 saturated carbocycles. The summed E-state index contributed by atoms with van der Waals surface area (Å²) in [5, 5.41) is 14.6. The number of piperazine rings is 1. The van der Waals surface area contributed by atoms with Gasteiger partial charge in [0.2, 0.25) is 0 Å². The third kappa shape index (κ3) is 5.60. The average Bonchev–Trinajstić information content (AvgIpc) is 2.99. The number of hydrogen-bond donors (Lipinski definition) is 3. The van der Waals surface area contributed by atoms with Gasteiger partial charge in [0, 0.05) is 61.3 Å². The summed E-state index contributed by atoms with van der Waals surface area (Å²) in [5.74, 6) is 6.14. The maximum Gasteiger partial charge on any atom is 0.0988 e. The van der Waals surface area contributed by atoms with Crippen molar-refractivity contribution in [3.8, 4) is 6.07 Å². The van der Waals surface area contributed by atoms with Crippen molar-refractivity contribution in [3.63, 3.8) is 0 Å². The predicted molar refractivity (Wildman–Crippen MR) is 118 cm³/mol. The van der Waals surface area contributed by atoms with E-state index >= 15 is 0 Å². The second kappa shape index (κ2) is 9.92. The zero-order chi connectivity index (χ0) is 20.8. The van der Waals surface area contributed by atoms with E-state index < -0.39 is 0 Å². The van der Waals surface area contributed by atoms with Gasteiger partial charge in [-0.25, -0.2) is 5.84 Å². The smallest absolute Gasteiger partial charge is 0.0988 e. The first kappa shape index (κ1) is 21.4. The van der Waals surface area contributed by atoms with Crippen LogP contribution in [0, 0.1) is 11.3 Å². The number of hydrogen-bond acceptors (Lipinski definition) is 7. The van der Waals surface area contributed by atoms with Crippen molar-refractivity contribution in [1.82, 2.24) is 15.1 Å². The highest BCUT2D eigenvalue weighted by molar-refractivity contribution is 6.30. The third-order valence-corrected chi connectivity index (χ3v) is 5.64. The van der Waals surface area contributed by atoms with Gasteiger partial charge in [-0.05, 0) is 31.2 Å². The molecule has 2 aliphatic rings. The number of nitrogens with one attached hydrogen (secondary N) is 1. The van der Waals surface area contributed by atoms with Crippen molar-refractivity contribution in [1.29, 1.82) is 5.26 Å². The summed E-state index contributed by atoms with van der Waals surface area (Å²) in [4.78, 5) is 4.74. The van der Waals surface area contributed by atoms with Crippen LogP contribution in [0.15, 0.2) is 60.0 Å². The van der Waals surface area contributed by atoms with Crippen LogP contribution in [0.2, 0.25) is 5.02 Å². The highest BCUT2D eigenvalue weighted by atomic mass is 35.5. The van der Waals surface area contributed by atoms with Gasteiger partial charge >= 0.3 is 0 Å². The van der Waals surface area contributed by atoms with Crippen LogP contribution in [0.5, 0.6) is 0 Å². The lowest BCUT2D eigenvalue weighted by Crippen LogP contribution is -2.56. The van der Waals surface area contributed by atoms with Crippen molar-refractivity contribution >= 4 is 17.3 Å². The van der Waals surface area contributed by atoms with Crippen LogP contribution in [-0.4, -0.2) is 54.7 Å². The summed E-state index contributed by atoms with van der Waals surface area (Å²) < 4.78 is 0. The van der Waals surface area contributed by atoms with E-state index in [1.54, 1.807) is 12.3 Å². The Morgan fingerprint density at radius 1 is 1.38 bits per heavy atom. The Hall–Kier alpha value is -2.34. The Balaban J connectivity index is 1.55. The van der Waals surface area contributed by atoms with Crippen molar-refractivity contribution in [2.24, 2.45) is 11.6 Å². The first-order chi connectivity index (χ1) is 14.0. The van der Waals surface area contributed by atoms with Gasteiger partial charge in [0.1, 0.15) is 0 Å². The molecule has 1 aromatic carbocycles. The summed E-state index contributed by atoms with van der Waals surface area (Å²) in [6.45, 7) is 6.44. The molecule has 1 aromatic rings. The quantitative estimate of drug-likeness (QED) is 0.499. The minimum atomic E-state index is 0.0758. The molecule has 8 heteroatoms. The molecule has 0 bridgehead atoms. The maximum absolute atomic E-state index is 9.06. The van der Waals surface area contributed by atoms with E-state index in [0.29, 0.717) is 22.8 Å². The fourth-order valence-electron chi connectivity index (χ4n) is 3.55. The molecule has 2 atom stereocenters. The van der Waals surface area contributed by atoms with Crippen LogP contribution in [0.25, 0.3) is 0 Å². The van der Waals surface area contributed by atoms with Crippen molar-refractivity contribution < 1.29 is 0 Å². The molecular formula is C21H28ClN7. The van der Waals surface area contributed by atoms with Crippen molar-refractivity contribution in [2.45, 2.75) is 19.1 Å². The Kier molecular flexibility index (Phi) is 7.31. The SMILES string of the molecule is CC(/C(N)=C/N(N)c1cccc(Cl)c1)N1CCN(C2C=CC(C#N)=CCN2)CC1. The van der Waals surface area contributed by atoms with E-state index in [4.69, 9.17) is 28.4 Å². The molecule has 2 unspecified atom stereocenters. The van der Waals surface area contributed by atoms with E-state index in [0.717, 1.165) is 31.9 Å². The van der Waals surface area contributed by atoms with Gasteiger partial charge in [-0.15, -0.1) is 0 Å². The number of halogens is 1. The van der Waals surface area contributed by atoms with Gasteiger partial charge in [-0.1, -0.05) is 29.8 Å². The number of anilines is 1. The summed E-state index contributed by atoms with van der Waals surface area (Å²) >= 11 is 6.04. The molecule has 0 radical (unpaired) electrons. The minimum Gasteiger partial charge on any atom is -0.400 e. The molecule has 3 rings (SSSR count). The lowest BCUT2D eigenvalue weighted by molar-refractivity contribution is 0.0865. The zero-order valence-corrected chi connectivity index (χ0v) is 17.4. The molecule has 7 nitrogen and oxygen atoms in total. The van der Waals surface area contributed by atoms with E-state index in [-0.39, 0.29) is 12.2 Å². The normalized spacial score (nSPS) is 22.5. The van der Waals surface area contributed by atoms with Crippen LogP contribution in [0.4, 0.5) is 5.69 Å². The topological polar surface area (TPSA) is 97.6 Å². The summed E-state index contributed by atoms with van der Waals surface area (Å²) in [5.41, 5.74) is 8.54. The predicted octanol–water partition coefficient (Wildman–Crippen LogP) is 1.76. The van der Waals surface area contributed by atoms with E-state index in [1.807, 2.05) is 30.4 Å². The molecule has 0 aromatic heterocycles. The first-order valence-electron chi connectivity index (χ1n) is 9.74. The molecule has 154 valence electrons. The zero-order valence-electron chi connectivity index (χ0n) is 16.6. The first-order valence-corrected chi connectivity index (χ1v) is 10.1. The van der Waals surface area contributed by atoms with Gasteiger partial charge in [0.05, 0.1) is 17.9 Å². The van der Waals surface area contributed by atoms with Crippen molar-refractivity contribution in [3.05, 3.63) is 65.0 Å². The molecule has 0 aliphatic carbocycles. The van der Waals surface area contributed by atoms with Crippen LogP contribution in [0.3, 0.4) is 0 Å². The number of allylic oxidation sites excluding steroid dienone is 2. The monoisotopic (exact) mass is 413 g/mol. The largest absolute Gasteiger partial charge is 0.400 e. The molecule has 5 N–H and O–H groups in total. The molecule has 1 fully saturated rings.